The van der Waals surface area contributed by atoms with E-state index in [2.05, 4.69) is 20.8 Å². The Morgan fingerprint density at radius 1 is 0.321 bits per heavy atom. The summed E-state index contributed by atoms with van der Waals surface area (Å²) in [4.78, 5) is 73.6. The highest BCUT2D eigenvalue weighted by Crippen LogP contribution is 2.35. The van der Waals surface area contributed by atoms with Gasteiger partial charge in [-0.3, -0.25) is 28.8 Å². The summed E-state index contributed by atoms with van der Waals surface area (Å²) < 4.78 is 51.4. The van der Waals surface area contributed by atoms with Gasteiger partial charge in [0.25, 0.3) is 0 Å². The Kier molecular flexibility index (Phi) is 38.4. The molecule has 0 N–H and O–H groups in total. The van der Waals surface area contributed by atoms with Crippen LogP contribution in [0.1, 0.15) is 292 Å². The number of carbonyl (C=O) groups is 6. The molecule has 0 amide bonds. The Labute approximate surface area is 471 Å². The number of rotatable bonds is 53. The Balaban J connectivity index is 1.31. The molecule has 9 atom stereocenters. The fourth-order valence-electron chi connectivity index (χ4n) is 10.8. The van der Waals surface area contributed by atoms with E-state index in [4.69, 9.17) is 42.6 Å². The van der Waals surface area contributed by atoms with E-state index in [1.807, 2.05) is 0 Å². The molecule has 0 aromatic carbocycles. The van der Waals surface area contributed by atoms with Crippen LogP contribution < -0.4 is 0 Å². The van der Waals surface area contributed by atoms with Crippen LogP contribution in [0.2, 0.25) is 0 Å². The zero-order chi connectivity index (χ0) is 56.6. The largest absolute Gasteiger partial charge is 0.462 e. The fraction of sp³-hybridized carbons (Fsp3) is 0.905. The zero-order valence-corrected chi connectivity index (χ0v) is 49.9. The van der Waals surface area contributed by atoms with E-state index >= 15 is 0 Å². The highest BCUT2D eigenvalue weighted by atomic mass is 16.6. The van der Waals surface area contributed by atoms with Crippen LogP contribution in [0, 0.1) is 0 Å². The molecule has 3 aliphatic rings. The van der Waals surface area contributed by atoms with Gasteiger partial charge in [-0.05, 0) is 77.0 Å². The van der Waals surface area contributed by atoms with Crippen LogP contribution in [0.3, 0.4) is 0 Å². The minimum atomic E-state index is -0.883. The monoisotopic (exact) mass is 1110 g/mol. The van der Waals surface area contributed by atoms with E-state index in [0.717, 1.165) is 173 Å². The van der Waals surface area contributed by atoms with Crippen molar-refractivity contribution in [1.29, 1.82) is 0 Å². The molecular formula is C63H110O15. The maximum Gasteiger partial charge on any atom is 0.306 e. The number of epoxide rings is 3. The number of unbranched alkanes of at least 4 members (excludes halogenated alkanes) is 21. The van der Waals surface area contributed by atoms with E-state index in [1.165, 1.54) is 59.3 Å². The fourth-order valence-corrected chi connectivity index (χ4v) is 10.8. The molecule has 15 heteroatoms. The average molecular weight is 1110 g/mol. The summed E-state index contributed by atoms with van der Waals surface area (Å²) in [5.74, 6) is -1.82. The molecule has 0 radical (unpaired) electrons. The van der Waals surface area contributed by atoms with E-state index in [1.54, 1.807) is 0 Å². The molecule has 3 heterocycles. The van der Waals surface area contributed by atoms with Crippen molar-refractivity contribution < 1.29 is 71.4 Å². The Hall–Kier alpha value is -3.30. The first-order chi connectivity index (χ1) is 37.8. The molecule has 3 rings (SSSR count). The van der Waals surface area contributed by atoms with E-state index < -0.39 is 12.1 Å². The smallest absolute Gasteiger partial charge is 0.306 e. The Bertz CT molecular complexity index is 1540. The lowest BCUT2D eigenvalue weighted by Gasteiger charge is -2.18. The summed E-state index contributed by atoms with van der Waals surface area (Å²) in [6.07, 6.45) is 36.5. The molecule has 452 valence electrons. The van der Waals surface area contributed by atoms with Gasteiger partial charge in [0.05, 0.1) is 36.6 Å². The third-order valence-electron chi connectivity index (χ3n) is 15.5. The van der Waals surface area contributed by atoms with Crippen LogP contribution in [0.15, 0.2) is 0 Å². The minimum absolute atomic E-state index is 0.0708. The van der Waals surface area contributed by atoms with Crippen molar-refractivity contribution >= 4 is 35.8 Å². The summed E-state index contributed by atoms with van der Waals surface area (Å²) in [7, 11) is 0. The van der Waals surface area contributed by atoms with Gasteiger partial charge < -0.3 is 42.6 Å². The second kappa shape index (κ2) is 43.4. The van der Waals surface area contributed by atoms with Crippen molar-refractivity contribution in [2.45, 2.75) is 353 Å². The molecule has 0 saturated carbocycles. The van der Waals surface area contributed by atoms with E-state index in [0.29, 0.717) is 19.3 Å². The first-order valence-electron chi connectivity index (χ1n) is 31.8. The van der Waals surface area contributed by atoms with Crippen molar-refractivity contribution in [2.75, 3.05) is 13.2 Å². The van der Waals surface area contributed by atoms with Crippen LogP contribution in [0.5, 0.6) is 0 Å². The quantitative estimate of drug-likeness (QED) is 0.0241. The maximum atomic E-state index is 13.0. The first kappa shape index (κ1) is 69.0. The lowest BCUT2D eigenvalue weighted by Crippen LogP contribution is -2.30. The first-order valence-corrected chi connectivity index (χ1v) is 31.8. The van der Waals surface area contributed by atoms with Crippen molar-refractivity contribution in [1.82, 2.24) is 0 Å². The molecule has 0 spiro atoms. The molecule has 3 fully saturated rings. The second-order valence-corrected chi connectivity index (χ2v) is 23.0. The number of carbonyl (C=O) groups excluding carboxylic acids is 6. The van der Waals surface area contributed by atoms with Crippen molar-refractivity contribution in [3.8, 4) is 0 Å². The highest BCUT2D eigenvalue weighted by Gasteiger charge is 2.42. The Morgan fingerprint density at radius 2 is 0.603 bits per heavy atom. The molecule has 15 nitrogen and oxygen atoms in total. The average Bonchev–Trinajstić information content (AvgIpc) is 4.35. The van der Waals surface area contributed by atoms with Gasteiger partial charge >= 0.3 is 35.8 Å². The summed E-state index contributed by atoms with van der Waals surface area (Å²) in [6.45, 7) is 10.6. The molecule has 0 aromatic rings. The summed E-state index contributed by atoms with van der Waals surface area (Å²) in [5, 5.41) is 0. The summed E-state index contributed by atoms with van der Waals surface area (Å²) in [6, 6.07) is 0. The molecular weight excluding hydrogens is 997 g/mol. The maximum absolute atomic E-state index is 13.0. The second-order valence-electron chi connectivity index (χ2n) is 23.0. The molecule has 0 aromatic heterocycles. The van der Waals surface area contributed by atoms with Crippen molar-refractivity contribution in [3.63, 3.8) is 0 Å². The van der Waals surface area contributed by atoms with Crippen molar-refractivity contribution in [2.24, 2.45) is 0 Å². The number of esters is 6. The van der Waals surface area contributed by atoms with Crippen LogP contribution in [-0.4, -0.2) is 110 Å². The number of hydrogen-bond acceptors (Lipinski definition) is 15. The lowest BCUT2D eigenvalue weighted by atomic mass is 10.0. The van der Waals surface area contributed by atoms with E-state index in [-0.39, 0.29) is 117 Å². The van der Waals surface area contributed by atoms with Crippen LogP contribution in [0.4, 0.5) is 0 Å². The molecule has 9 unspecified atom stereocenters. The molecule has 3 saturated heterocycles. The third-order valence-corrected chi connectivity index (χ3v) is 15.5. The molecule has 0 aliphatic carbocycles. The number of ether oxygens (including phenoxy) is 9. The predicted molar refractivity (Wildman–Crippen MR) is 302 cm³/mol. The standard InChI is InChI=1S/C63H110O15/c1-7-10-13-25-34-51(72-48(4)64)43-58-55(76-58)37-28-19-16-22-31-40-61(67)70-46-54(75-63(69)42-33-24-18-21-30-39-57-60(78-57)45-53(74-50(6)66)36-27-15-12-9-3)47-71-62(68)41-32-23-17-20-29-38-56-59(77-56)44-52(73-49(5)65)35-26-14-11-8-2/h51-60H,7-47H2,1-6H3. The Morgan fingerprint density at radius 3 is 0.910 bits per heavy atom. The summed E-state index contributed by atoms with van der Waals surface area (Å²) >= 11 is 0. The van der Waals surface area contributed by atoms with Gasteiger partial charge in [0.15, 0.2) is 6.10 Å². The van der Waals surface area contributed by atoms with Gasteiger partial charge in [0.2, 0.25) is 0 Å². The van der Waals surface area contributed by atoms with E-state index in [9.17, 15) is 28.8 Å². The predicted octanol–water partition coefficient (Wildman–Crippen LogP) is 14.4. The van der Waals surface area contributed by atoms with Gasteiger partial charge in [-0.25, -0.2) is 0 Å². The SMILES string of the molecule is CCCCCCC(CC1OC1CCCCCCCC(=O)OCC(COC(=O)CCCCCCCC1OC1CC(CCCCCC)OC(C)=O)OC(=O)CCCCCCCC1OC1CC(CCCCCC)OC(C)=O)OC(C)=O. The number of hydrogen-bond donors (Lipinski definition) is 0. The normalized spacial score (nSPS) is 20.7. The third kappa shape index (κ3) is 36.9. The summed E-state index contributed by atoms with van der Waals surface area (Å²) in [5.41, 5.74) is 0. The molecule has 0 bridgehead atoms. The topological polar surface area (TPSA) is 195 Å². The molecule has 78 heavy (non-hydrogen) atoms. The van der Waals surface area contributed by atoms with Crippen LogP contribution >= 0.6 is 0 Å². The van der Waals surface area contributed by atoms with Crippen molar-refractivity contribution in [3.05, 3.63) is 0 Å². The van der Waals surface area contributed by atoms with Crippen LogP contribution in [-0.2, 0) is 71.4 Å². The van der Waals surface area contributed by atoms with Gasteiger partial charge in [-0.1, -0.05) is 156 Å². The zero-order valence-electron chi connectivity index (χ0n) is 49.9. The van der Waals surface area contributed by atoms with Gasteiger partial charge in [-0.2, -0.15) is 0 Å². The highest BCUT2D eigenvalue weighted by molar-refractivity contribution is 5.71. The molecule has 3 aliphatic heterocycles. The van der Waals surface area contributed by atoms with Gasteiger partial charge in [0, 0.05) is 59.3 Å². The minimum Gasteiger partial charge on any atom is -0.462 e. The lowest BCUT2D eigenvalue weighted by molar-refractivity contribution is -0.167. The van der Waals surface area contributed by atoms with Gasteiger partial charge in [0.1, 0.15) is 31.5 Å². The van der Waals surface area contributed by atoms with Gasteiger partial charge in [-0.15, -0.1) is 0 Å². The van der Waals surface area contributed by atoms with Crippen LogP contribution in [0.25, 0.3) is 0 Å².